The number of methoxy groups -OCH3 is 1. The van der Waals surface area contributed by atoms with Gasteiger partial charge in [0.2, 0.25) is 0 Å². The summed E-state index contributed by atoms with van der Waals surface area (Å²) in [6, 6.07) is 10.1. The molecule has 1 fully saturated rings. The van der Waals surface area contributed by atoms with Crippen molar-refractivity contribution in [2.24, 2.45) is 0 Å². The lowest BCUT2D eigenvalue weighted by Crippen LogP contribution is -2.46. The van der Waals surface area contributed by atoms with Crippen LogP contribution in [0.15, 0.2) is 36.4 Å². The van der Waals surface area contributed by atoms with E-state index in [-0.39, 0.29) is 12.1 Å². The number of piperidine rings is 1. The van der Waals surface area contributed by atoms with E-state index in [1.54, 1.807) is 30.3 Å². The number of likely N-dealkylation sites (tertiary alicyclic amines) is 1. The molecule has 1 aliphatic heterocycles. The van der Waals surface area contributed by atoms with Crippen molar-refractivity contribution in [1.29, 1.82) is 0 Å². The second-order valence-electron chi connectivity index (χ2n) is 10.3. The van der Waals surface area contributed by atoms with Crippen LogP contribution < -0.4 is 20.7 Å². The van der Waals surface area contributed by atoms with Gasteiger partial charge in [-0.3, -0.25) is 0 Å². The highest BCUT2D eigenvalue weighted by molar-refractivity contribution is 7.71. The summed E-state index contributed by atoms with van der Waals surface area (Å²) in [4.78, 5) is 2.26. The summed E-state index contributed by atoms with van der Waals surface area (Å²) in [6.07, 6.45) is -4.86. The van der Waals surface area contributed by atoms with Gasteiger partial charge in [0.15, 0.2) is 0 Å². The molecule has 3 aromatic rings. The molecule has 2 N–H and O–H groups in total. The van der Waals surface area contributed by atoms with Crippen LogP contribution in [0.4, 0.5) is 28.9 Å². The Morgan fingerprint density at radius 3 is 2.59 bits per heavy atom. The van der Waals surface area contributed by atoms with Gasteiger partial charge in [0.25, 0.3) is 0 Å². The van der Waals surface area contributed by atoms with E-state index >= 15 is 0 Å². The van der Waals surface area contributed by atoms with Crippen LogP contribution in [0.1, 0.15) is 30.7 Å². The highest BCUT2D eigenvalue weighted by Crippen LogP contribution is 2.45. The van der Waals surface area contributed by atoms with Gasteiger partial charge in [0, 0.05) is 30.7 Å². The number of nitrogens with zero attached hydrogens (tertiary/aromatic N) is 1. The number of nitrogens with one attached hydrogen (secondary N) is 2. The second kappa shape index (κ2) is 13.1. The summed E-state index contributed by atoms with van der Waals surface area (Å²) >= 11 is 1.19. The molecule has 0 aliphatic carbocycles. The molecule has 222 valence electrons. The maximum absolute atomic E-state index is 14.7. The van der Waals surface area contributed by atoms with Gasteiger partial charge in [0.1, 0.15) is 19.1 Å². The van der Waals surface area contributed by atoms with Crippen molar-refractivity contribution in [2.75, 3.05) is 56.7 Å². The van der Waals surface area contributed by atoms with E-state index in [0.717, 1.165) is 11.8 Å². The molecule has 5 nitrogen and oxygen atoms in total. The Kier molecular flexibility index (Phi) is 9.94. The summed E-state index contributed by atoms with van der Waals surface area (Å²) in [5, 5.41) is 7.65. The smallest absolute Gasteiger partial charge is 0.393 e. The fraction of sp³-hybridized carbons (Fsp3) is 0.467. The summed E-state index contributed by atoms with van der Waals surface area (Å²) in [7, 11) is 0.919. The van der Waals surface area contributed by atoms with Crippen molar-refractivity contribution in [3.05, 3.63) is 46.8 Å². The van der Waals surface area contributed by atoms with Gasteiger partial charge in [0.05, 0.1) is 47.1 Å². The Labute approximate surface area is 243 Å². The fourth-order valence-electron chi connectivity index (χ4n) is 5.11. The maximum Gasteiger partial charge on any atom is 0.393 e. The minimum atomic E-state index is -4.41. The van der Waals surface area contributed by atoms with Gasteiger partial charge in [-0.2, -0.15) is 13.2 Å². The quantitative estimate of drug-likeness (QED) is 0.156. The topological polar surface area (TPSA) is 53.6 Å². The Morgan fingerprint density at radius 1 is 1.17 bits per heavy atom. The number of benzene rings is 2. The number of alkyl halides is 4. The van der Waals surface area contributed by atoms with E-state index in [9.17, 15) is 22.1 Å². The van der Waals surface area contributed by atoms with Crippen molar-refractivity contribution in [1.82, 2.24) is 4.90 Å². The molecule has 2 heterocycles. The summed E-state index contributed by atoms with van der Waals surface area (Å²) in [5.41, 5.74) is 1.41. The number of rotatable bonds is 9. The zero-order valence-corrected chi connectivity index (χ0v) is 25.4. The predicted octanol–water partition coefficient (Wildman–Crippen LogP) is 6.96. The molecule has 11 heteroatoms. The number of anilines is 2. The lowest BCUT2D eigenvalue weighted by molar-refractivity contribution is -0.126. The highest BCUT2D eigenvalue weighted by atomic mass is 32.1. The van der Waals surface area contributed by atoms with Gasteiger partial charge < -0.3 is 24.8 Å². The van der Waals surface area contributed by atoms with Crippen LogP contribution in [-0.4, -0.2) is 69.4 Å². The molecular weight excluding hydrogens is 573 g/mol. The molecule has 0 amide bonds. The summed E-state index contributed by atoms with van der Waals surface area (Å²) < 4.78 is 74.7. The molecule has 0 radical (unpaired) electrons. The van der Waals surface area contributed by atoms with E-state index < -0.39 is 32.0 Å². The molecule has 0 bridgehead atoms. The Balaban J connectivity index is 1.59. The minimum absolute atomic E-state index is 0.130. The third-order valence-corrected chi connectivity index (χ3v) is 12.0. The third-order valence-electron chi connectivity index (χ3n) is 7.53. The number of thiophene rings is 1. The minimum Gasteiger partial charge on any atom is -0.495 e. The molecule has 1 aliphatic rings. The molecule has 1 unspecified atom stereocenters. The summed E-state index contributed by atoms with van der Waals surface area (Å²) in [6.45, 7) is 5.03. The van der Waals surface area contributed by atoms with E-state index in [1.807, 2.05) is 31.9 Å². The van der Waals surface area contributed by atoms with E-state index in [2.05, 4.69) is 22.5 Å². The molecule has 0 saturated carbocycles. The molecule has 4 rings (SSSR count). The van der Waals surface area contributed by atoms with Gasteiger partial charge in [-0.15, -0.1) is 11.3 Å². The Hall–Kier alpha value is -2.73. The second-order valence-corrected chi connectivity index (χ2v) is 14.8. The molecule has 2 atom stereocenters. The number of fused-ring (bicyclic) bond motifs is 1. The first kappa shape index (κ1) is 31.2. The van der Waals surface area contributed by atoms with Crippen LogP contribution in [0.25, 0.3) is 10.1 Å². The van der Waals surface area contributed by atoms with Crippen LogP contribution in [0, 0.1) is 11.8 Å². The summed E-state index contributed by atoms with van der Waals surface area (Å²) in [5.74, 6) is 6.43. The number of halogens is 4. The van der Waals surface area contributed by atoms with E-state index in [0.29, 0.717) is 57.4 Å². The first-order chi connectivity index (χ1) is 19.5. The van der Waals surface area contributed by atoms with E-state index in [1.165, 1.54) is 18.4 Å². The lowest BCUT2D eigenvalue weighted by Gasteiger charge is -2.33. The zero-order chi connectivity index (χ0) is 29.8. The normalized spacial score (nSPS) is 18.1. The van der Waals surface area contributed by atoms with Gasteiger partial charge >= 0.3 is 6.18 Å². The van der Waals surface area contributed by atoms with E-state index in [4.69, 9.17) is 4.74 Å². The molecule has 0 spiro atoms. The maximum atomic E-state index is 14.7. The molecule has 41 heavy (non-hydrogen) atoms. The molecule has 1 aromatic heterocycles. The largest absolute Gasteiger partial charge is 0.495 e. The first-order valence-electron chi connectivity index (χ1n) is 13.7. The SMILES string of the molecule is CCP(=O)(CC)c1ccc(NCC#Cc2sc3c(NC4CCN(C)C[C@@H]4F)cccc3c2CC(F)(F)F)c(OC)c1. The van der Waals surface area contributed by atoms with Crippen molar-refractivity contribution in [3.63, 3.8) is 0 Å². The molecular formula is C30H36F4N3O2PS. The Bertz CT molecular complexity index is 1470. The predicted molar refractivity (Wildman–Crippen MR) is 163 cm³/mol. The Morgan fingerprint density at radius 2 is 1.93 bits per heavy atom. The number of hydrogen-bond donors (Lipinski definition) is 2. The van der Waals surface area contributed by atoms with Crippen LogP contribution in [0.3, 0.4) is 0 Å². The first-order valence-corrected chi connectivity index (χ1v) is 16.6. The number of hydrogen-bond acceptors (Lipinski definition) is 6. The molecule has 2 aromatic carbocycles. The average Bonchev–Trinajstić information content (AvgIpc) is 3.28. The molecule has 1 saturated heterocycles. The van der Waals surface area contributed by atoms with Crippen LogP contribution >= 0.6 is 18.5 Å². The third kappa shape index (κ3) is 7.38. The average molecular weight is 610 g/mol. The zero-order valence-electron chi connectivity index (χ0n) is 23.7. The van der Waals surface area contributed by atoms with Crippen LogP contribution in [0.2, 0.25) is 0 Å². The van der Waals surface area contributed by atoms with Gasteiger partial charge in [-0.1, -0.05) is 37.8 Å². The monoisotopic (exact) mass is 609 g/mol. The fourth-order valence-corrected chi connectivity index (χ4v) is 8.16. The highest BCUT2D eigenvalue weighted by Gasteiger charge is 2.32. The van der Waals surface area contributed by atoms with Crippen LogP contribution in [0.5, 0.6) is 5.75 Å². The van der Waals surface area contributed by atoms with Crippen LogP contribution in [-0.2, 0) is 11.0 Å². The standard InChI is InChI=1S/C30H36F4N3O2PS/c1-5-40(38,6-2)20-12-13-25(27(17-20)39-4)35-15-8-11-28-22(18-30(32,33)34)21-9-7-10-26(29(21)41-28)36-24-14-16-37(3)19-23(24)31/h7,9-10,12-13,17,23-24,35-36H,5-6,14-16,18-19H2,1-4H3/t23-,24?/m0/s1. The lowest BCUT2D eigenvalue weighted by atomic mass is 10.0. The van der Waals surface area contributed by atoms with Crippen molar-refractivity contribution < 1.29 is 26.9 Å². The van der Waals surface area contributed by atoms with Gasteiger partial charge in [-0.05, 0) is 48.7 Å². The van der Waals surface area contributed by atoms with Crippen molar-refractivity contribution in [2.45, 2.75) is 45.1 Å². The van der Waals surface area contributed by atoms with Crippen molar-refractivity contribution in [3.8, 4) is 17.6 Å². The van der Waals surface area contributed by atoms with Crippen molar-refractivity contribution >= 4 is 45.2 Å². The van der Waals surface area contributed by atoms with Gasteiger partial charge in [-0.25, -0.2) is 4.39 Å². The number of ether oxygens (including phenoxy) is 1.